The SMILES string of the molecule is CCCCN1C(=O)c2ccc(C(=O)Nc3cc(N4CCCS4(=O)=O)ccc3O)cc2C1=O. The number of rotatable bonds is 6. The highest BCUT2D eigenvalue weighted by molar-refractivity contribution is 7.93. The van der Waals surface area contributed by atoms with E-state index in [4.69, 9.17) is 0 Å². The molecule has 0 saturated carbocycles. The van der Waals surface area contributed by atoms with E-state index in [2.05, 4.69) is 5.32 Å². The Morgan fingerprint density at radius 3 is 2.53 bits per heavy atom. The van der Waals surface area contributed by atoms with Gasteiger partial charge in [-0.3, -0.25) is 23.6 Å². The molecule has 0 aliphatic carbocycles. The molecule has 2 aliphatic heterocycles. The molecule has 1 fully saturated rings. The number of sulfonamides is 1. The lowest BCUT2D eigenvalue weighted by Gasteiger charge is -2.18. The van der Waals surface area contributed by atoms with E-state index in [1.807, 2.05) is 6.92 Å². The van der Waals surface area contributed by atoms with Crippen LogP contribution in [0.4, 0.5) is 11.4 Å². The monoisotopic (exact) mass is 457 g/mol. The van der Waals surface area contributed by atoms with Crippen molar-refractivity contribution in [1.82, 2.24) is 4.90 Å². The van der Waals surface area contributed by atoms with E-state index in [9.17, 15) is 27.9 Å². The van der Waals surface area contributed by atoms with Gasteiger partial charge in [-0.2, -0.15) is 0 Å². The van der Waals surface area contributed by atoms with Gasteiger partial charge in [-0.15, -0.1) is 0 Å². The molecule has 0 radical (unpaired) electrons. The van der Waals surface area contributed by atoms with E-state index in [1.165, 1.54) is 45.6 Å². The third-order valence-corrected chi connectivity index (χ3v) is 7.45. The minimum atomic E-state index is -3.42. The summed E-state index contributed by atoms with van der Waals surface area (Å²) in [5, 5.41) is 12.7. The number of nitrogens with one attached hydrogen (secondary N) is 1. The minimum Gasteiger partial charge on any atom is -0.506 e. The predicted molar refractivity (Wildman–Crippen MR) is 119 cm³/mol. The van der Waals surface area contributed by atoms with Gasteiger partial charge in [0.1, 0.15) is 5.75 Å². The molecular formula is C22H23N3O6S. The highest BCUT2D eigenvalue weighted by atomic mass is 32.2. The number of phenolic OH excluding ortho intramolecular Hbond substituents is 1. The van der Waals surface area contributed by atoms with Crippen molar-refractivity contribution in [3.63, 3.8) is 0 Å². The van der Waals surface area contributed by atoms with E-state index in [0.717, 1.165) is 6.42 Å². The second kappa shape index (κ2) is 8.27. The predicted octanol–water partition coefficient (Wildman–Crippen LogP) is 2.58. The van der Waals surface area contributed by atoms with E-state index in [-0.39, 0.29) is 39.8 Å². The smallest absolute Gasteiger partial charge is 0.261 e. The van der Waals surface area contributed by atoms with Gasteiger partial charge in [0.25, 0.3) is 17.7 Å². The first-order valence-corrected chi connectivity index (χ1v) is 12.0. The summed E-state index contributed by atoms with van der Waals surface area (Å²) < 4.78 is 25.6. The summed E-state index contributed by atoms with van der Waals surface area (Å²) in [6.45, 7) is 2.62. The first-order chi connectivity index (χ1) is 15.2. The number of nitrogens with zero attached hydrogens (tertiary/aromatic N) is 2. The van der Waals surface area contributed by atoms with Crippen LogP contribution < -0.4 is 9.62 Å². The topological polar surface area (TPSA) is 124 Å². The molecule has 168 valence electrons. The molecule has 0 spiro atoms. The van der Waals surface area contributed by atoms with Crippen molar-refractivity contribution >= 4 is 39.1 Å². The van der Waals surface area contributed by atoms with Crippen LogP contribution in [0.25, 0.3) is 0 Å². The first-order valence-electron chi connectivity index (χ1n) is 10.4. The zero-order chi connectivity index (χ0) is 23.0. The molecule has 10 heteroatoms. The molecule has 2 heterocycles. The molecule has 2 N–H and O–H groups in total. The van der Waals surface area contributed by atoms with Gasteiger partial charge in [0.05, 0.1) is 28.3 Å². The average molecular weight is 458 g/mol. The Hall–Kier alpha value is -3.40. The highest BCUT2D eigenvalue weighted by Gasteiger charge is 2.35. The number of phenols is 1. The van der Waals surface area contributed by atoms with Crippen LogP contribution in [0.2, 0.25) is 0 Å². The number of imide groups is 1. The quantitative estimate of drug-likeness (QED) is 0.508. The molecule has 0 aromatic heterocycles. The number of hydrogen-bond acceptors (Lipinski definition) is 6. The zero-order valence-electron chi connectivity index (χ0n) is 17.5. The Morgan fingerprint density at radius 1 is 1.09 bits per heavy atom. The van der Waals surface area contributed by atoms with Gasteiger partial charge in [0, 0.05) is 18.7 Å². The number of anilines is 2. The molecule has 0 atom stereocenters. The Labute approximate surface area is 185 Å². The van der Waals surface area contributed by atoms with E-state index >= 15 is 0 Å². The van der Waals surface area contributed by atoms with Crippen LogP contribution >= 0.6 is 0 Å². The largest absolute Gasteiger partial charge is 0.506 e. The van der Waals surface area contributed by atoms with Crippen molar-refractivity contribution in [2.45, 2.75) is 26.2 Å². The first kappa shape index (κ1) is 21.8. The lowest BCUT2D eigenvalue weighted by Crippen LogP contribution is -2.30. The number of benzene rings is 2. The van der Waals surface area contributed by atoms with Gasteiger partial charge in [-0.05, 0) is 49.2 Å². The lowest BCUT2D eigenvalue weighted by atomic mass is 10.1. The molecule has 3 amide bonds. The van der Waals surface area contributed by atoms with Crippen LogP contribution in [0, 0.1) is 0 Å². The second-order valence-electron chi connectivity index (χ2n) is 7.77. The summed E-state index contributed by atoms with van der Waals surface area (Å²) in [6.07, 6.45) is 2.03. The van der Waals surface area contributed by atoms with Crippen molar-refractivity contribution in [2.24, 2.45) is 0 Å². The number of unbranched alkanes of at least 4 members (excludes halogenated alkanes) is 1. The van der Waals surface area contributed by atoms with Crippen molar-refractivity contribution in [2.75, 3.05) is 28.5 Å². The molecule has 1 saturated heterocycles. The van der Waals surface area contributed by atoms with Crippen LogP contribution in [-0.2, 0) is 10.0 Å². The summed E-state index contributed by atoms with van der Waals surface area (Å²) in [6, 6.07) is 8.43. The van der Waals surface area contributed by atoms with Crippen LogP contribution in [0.15, 0.2) is 36.4 Å². The Bertz CT molecular complexity index is 1220. The van der Waals surface area contributed by atoms with Crippen molar-refractivity contribution in [3.8, 4) is 5.75 Å². The molecule has 32 heavy (non-hydrogen) atoms. The fourth-order valence-electron chi connectivity index (χ4n) is 3.85. The average Bonchev–Trinajstić information content (AvgIpc) is 3.24. The van der Waals surface area contributed by atoms with Crippen molar-refractivity contribution in [3.05, 3.63) is 53.1 Å². The number of carbonyl (C=O) groups excluding carboxylic acids is 3. The van der Waals surface area contributed by atoms with Crippen molar-refractivity contribution in [1.29, 1.82) is 0 Å². The standard InChI is InChI=1S/C22H23N3O6S/c1-2-3-9-24-21(28)16-7-5-14(12-17(16)22(24)29)20(27)23-18-13-15(6-8-19(18)26)25-10-4-11-32(25,30)31/h5-8,12-13,26H,2-4,9-11H2,1H3,(H,23,27). The van der Waals surface area contributed by atoms with E-state index in [1.54, 1.807) is 0 Å². The fourth-order valence-corrected chi connectivity index (χ4v) is 5.41. The van der Waals surface area contributed by atoms with Crippen LogP contribution in [0.1, 0.15) is 57.3 Å². The third-order valence-electron chi connectivity index (χ3n) is 5.58. The van der Waals surface area contributed by atoms with E-state index in [0.29, 0.717) is 31.6 Å². The highest BCUT2D eigenvalue weighted by Crippen LogP contribution is 2.32. The molecule has 2 aliphatic rings. The molecule has 2 aromatic rings. The Balaban J connectivity index is 1.57. The Morgan fingerprint density at radius 2 is 1.84 bits per heavy atom. The summed E-state index contributed by atoms with van der Waals surface area (Å²) in [5.74, 6) is -1.58. The van der Waals surface area contributed by atoms with Crippen LogP contribution in [-0.4, -0.2) is 55.0 Å². The summed E-state index contributed by atoms with van der Waals surface area (Å²) in [5.41, 5.74) is 0.950. The number of carbonyl (C=O) groups is 3. The number of fused-ring (bicyclic) bond motifs is 1. The molecule has 0 bridgehead atoms. The number of hydrogen-bond donors (Lipinski definition) is 2. The summed E-state index contributed by atoms with van der Waals surface area (Å²) >= 11 is 0. The number of aromatic hydroxyl groups is 1. The van der Waals surface area contributed by atoms with Crippen molar-refractivity contribution < 1.29 is 27.9 Å². The third kappa shape index (κ3) is 3.81. The van der Waals surface area contributed by atoms with E-state index < -0.39 is 21.8 Å². The molecule has 2 aromatic carbocycles. The maximum atomic E-state index is 12.8. The maximum absolute atomic E-state index is 12.8. The molecular weight excluding hydrogens is 434 g/mol. The van der Waals surface area contributed by atoms with Gasteiger partial charge in [0.2, 0.25) is 10.0 Å². The maximum Gasteiger partial charge on any atom is 0.261 e. The lowest BCUT2D eigenvalue weighted by molar-refractivity contribution is 0.0652. The second-order valence-corrected chi connectivity index (χ2v) is 9.79. The van der Waals surface area contributed by atoms with Gasteiger partial charge in [0.15, 0.2) is 0 Å². The summed E-state index contributed by atoms with van der Waals surface area (Å²) in [4.78, 5) is 39.1. The van der Waals surface area contributed by atoms with Gasteiger partial charge in [-0.1, -0.05) is 13.3 Å². The normalized spacial score (nSPS) is 17.0. The molecule has 4 rings (SSSR count). The fraction of sp³-hybridized carbons (Fsp3) is 0.318. The molecule has 9 nitrogen and oxygen atoms in total. The van der Waals surface area contributed by atoms with Crippen LogP contribution in [0.5, 0.6) is 5.75 Å². The van der Waals surface area contributed by atoms with Gasteiger partial charge >= 0.3 is 0 Å². The van der Waals surface area contributed by atoms with Gasteiger partial charge in [-0.25, -0.2) is 8.42 Å². The minimum absolute atomic E-state index is 0.0436. The zero-order valence-corrected chi connectivity index (χ0v) is 18.3. The number of amides is 3. The Kier molecular flexibility index (Phi) is 5.64. The summed E-state index contributed by atoms with van der Waals surface area (Å²) in [7, 11) is -3.42. The van der Waals surface area contributed by atoms with Gasteiger partial charge < -0.3 is 10.4 Å². The van der Waals surface area contributed by atoms with Crippen LogP contribution in [0.3, 0.4) is 0 Å². The molecule has 0 unspecified atom stereocenters.